The Kier molecular flexibility index (Phi) is 2.67. The van der Waals surface area contributed by atoms with Crippen molar-refractivity contribution in [2.75, 3.05) is 0 Å². The highest BCUT2D eigenvalue weighted by Crippen LogP contribution is 2.40. The standard InChI is InChI=1S/C18H16N2O/c1-11-17(8-16(21)10-19-11)14-5-4-13-7-18(12-2-3-12)20-9-15(13)6-14/h4-10,12,21H,2-3H2,1H3. The Morgan fingerprint density at radius 3 is 2.67 bits per heavy atom. The first-order valence-electron chi connectivity index (χ1n) is 7.26. The van der Waals surface area contributed by atoms with Crippen molar-refractivity contribution in [1.82, 2.24) is 9.97 Å². The van der Waals surface area contributed by atoms with Crippen molar-refractivity contribution in [1.29, 1.82) is 0 Å². The molecule has 104 valence electrons. The minimum absolute atomic E-state index is 0.193. The van der Waals surface area contributed by atoms with E-state index in [1.54, 1.807) is 6.07 Å². The van der Waals surface area contributed by atoms with E-state index in [9.17, 15) is 5.11 Å². The number of pyridine rings is 2. The number of fused-ring (bicyclic) bond motifs is 1. The van der Waals surface area contributed by atoms with Crippen LogP contribution in [0.5, 0.6) is 5.75 Å². The summed E-state index contributed by atoms with van der Waals surface area (Å²) in [5.74, 6) is 0.865. The minimum Gasteiger partial charge on any atom is -0.506 e. The lowest BCUT2D eigenvalue weighted by Crippen LogP contribution is -1.89. The van der Waals surface area contributed by atoms with E-state index >= 15 is 0 Å². The SMILES string of the molecule is Cc1ncc(O)cc1-c1ccc2cc(C3CC3)ncc2c1. The second kappa shape index (κ2) is 4.55. The molecule has 3 heteroatoms. The van der Waals surface area contributed by atoms with Crippen molar-refractivity contribution < 1.29 is 5.11 Å². The Labute approximate surface area is 123 Å². The average molecular weight is 276 g/mol. The van der Waals surface area contributed by atoms with Gasteiger partial charge in [-0.3, -0.25) is 9.97 Å². The van der Waals surface area contributed by atoms with E-state index < -0.39 is 0 Å². The van der Waals surface area contributed by atoms with Crippen LogP contribution in [0.3, 0.4) is 0 Å². The summed E-state index contributed by atoms with van der Waals surface area (Å²) in [6.07, 6.45) is 5.97. The highest BCUT2D eigenvalue weighted by Gasteiger charge is 2.24. The summed E-state index contributed by atoms with van der Waals surface area (Å²) in [7, 11) is 0. The third-order valence-corrected chi connectivity index (χ3v) is 4.12. The van der Waals surface area contributed by atoms with Crippen LogP contribution in [0.1, 0.15) is 30.1 Å². The molecule has 21 heavy (non-hydrogen) atoms. The van der Waals surface area contributed by atoms with E-state index in [4.69, 9.17) is 0 Å². The average Bonchev–Trinajstić information content (AvgIpc) is 3.33. The maximum Gasteiger partial charge on any atom is 0.134 e. The Bertz CT molecular complexity index is 838. The zero-order chi connectivity index (χ0) is 14.4. The van der Waals surface area contributed by atoms with Crippen molar-refractivity contribution >= 4 is 10.8 Å². The Balaban J connectivity index is 1.83. The summed E-state index contributed by atoms with van der Waals surface area (Å²) < 4.78 is 0. The van der Waals surface area contributed by atoms with E-state index in [1.165, 1.54) is 30.1 Å². The summed E-state index contributed by atoms with van der Waals surface area (Å²) in [6, 6.07) is 10.3. The Hall–Kier alpha value is -2.42. The van der Waals surface area contributed by atoms with Gasteiger partial charge in [-0.25, -0.2) is 0 Å². The predicted molar refractivity (Wildman–Crippen MR) is 83.4 cm³/mol. The molecule has 1 N–H and O–H groups in total. The van der Waals surface area contributed by atoms with Crippen LogP contribution in [-0.4, -0.2) is 15.1 Å². The van der Waals surface area contributed by atoms with Crippen molar-refractivity contribution in [3.8, 4) is 16.9 Å². The van der Waals surface area contributed by atoms with Gasteiger partial charge in [0.25, 0.3) is 0 Å². The molecular weight excluding hydrogens is 260 g/mol. The maximum atomic E-state index is 9.64. The number of hydrogen-bond acceptors (Lipinski definition) is 3. The van der Waals surface area contributed by atoms with Crippen LogP contribution in [0.4, 0.5) is 0 Å². The third kappa shape index (κ3) is 2.25. The van der Waals surface area contributed by atoms with Crippen LogP contribution >= 0.6 is 0 Å². The van der Waals surface area contributed by atoms with Gasteiger partial charge >= 0.3 is 0 Å². The lowest BCUT2D eigenvalue weighted by molar-refractivity contribution is 0.472. The van der Waals surface area contributed by atoms with Crippen molar-refractivity contribution in [3.63, 3.8) is 0 Å². The molecule has 2 aromatic heterocycles. The quantitative estimate of drug-likeness (QED) is 0.763. The molecular formula is C18H16N2O. The molecule has 3 aromatic rings. The first-order valence-corrected chi connectivity index (χ1v) is 7.26. The predicted octanol–water partition coefficient (Wildman–Crippen LogP) is 4.19. The van der Waals surface area contributed by atoms with E-state index in [0.29, 0.717) is 5.92 Å². The van der Waals surface area contributed by atoms with Crippen molar-refractivity contribution in [2.24, 2.45) is 0 Å². The number of nitrogens with zero attached hydrogens (tertiary/aromatic N) is 2. The molecule has 1 fully saturated rings. The lowest BCUT2D eigenvalue weighted by atomic mass is 10.0. The number of rotatable bonds is 2. The van der Waals surface area contributed by atoms with Gasteiger partial charge in [-0.15, -0.1) is 0 Å². The van der Waals surface area contributed by atoms with Crippen LogP contribution in [0.15, 0.2) is 42.7 Å². The van der Waals surface area contributed by atoms with Crippen LogP contribution < -0.4 is 0 Å². The van der Waals surface area contributed by atoms with E-state index in [2.05, 4.69) is 34.2 Å². The van der Waals surface area contributed by atoms with Crippen LogP contribution in [0.25, 0.3) is 21.9 Å². The van der Waals surface area contributed by atoms with Gasteiger partial charge in [-0.1, -0.05) is 12.1 Å². The van der Waals surface area contributed by atoms with Gasteiger partial charge in [-0.2, -0.15) is 0 Å². The molecule has 0 radical (unpaired) electrons. The zero-order valence-corrected chi connectivity index (χ0v) is 11.9. The fourth-order valence-electron chi connectivity index (χ4n) is 2.74. The topological polar surface area (TPSA) is 46.0 Å². The van der Waals surface area contributed by atoms with Gasteiger partial charge in [0, 0.05) is 34.5 Å². The number of aromatic hydroxyl groups is 1. The first kappa shape index (κ1) is 12.3. The second-order valence-corrected chi connectivity index (χ2v) is 5.77. The molecule has 0 aliphatic heterocycles. The van der Waals surface area contributed by atoms with Crippen LogP contribution in [0, 0.1) is 6.92 Å². The number of benzene rings is 1. The largest absolute Gasteiger partial charge is 0.506 e. The normalized spacial score (nSPS) is 14.5. The second-order valence-electron chi connectivity index (χ2n) is 5.77. The monoisotopic (exact) mass is 276 g/mol. The molecule has 1 saturated carbocycles. The van der Waals surface area contributed by atoms with Crippen LogP contribution in [-0.2, 0) is 0 Å². The van der Waals surface area contributed by atoms with Gasteiger partial charge in [0.2, 0.25) is 0 Å². The smallest absolute Gasteiger partial charge is 0.134 e. The van der Waals surface area contributed by atoms with Gasteiger partial charge in [-0.05, 0) is 48.9 Å². The molecule has 0 atom stereocenters. The van der Waals surface area contributed by atoms with Crippen molar-refractivity contribution in [3.05, 3.63) is 54.1 Å². The summed E-state index contributed by atoms with van der Waals surface area (Å²) in [5, 5.41) is 12.0. The molecule has 3 nitrogen and oxygen atoms in total. The Morgan fingerprint density at radius 1 is 1.00 bits per heavy atom. The molecule has 0 spiro atoms. The fraction of sp³-hybridized carbons (Fsp3) is 0.222. The van der Waals surface area contributed by atoms with Crippen LogP contribution in [0.2, 0.25) is 0 Å². The molecule has 1 aliphatic rings. The van der Waals surface area contributed by atoms with Gasteiger partial charge in [0.1, 0.15) is 5.75 Å². The van der Waals surface area contributed by atoms with Gasteiger partial charge < -0.3 is 5.11 Å². The molecule has 0 bridgehead atoms. The van der Waals surface area contributed by atoms with Gasteiger partial charge in [0.05, 0.1) is 6.20 Å². The van der Waals surface area contributed by atoms with Gasteiger partial charge in [0.15, 0.2) is 0 Å². The summed E-state index contributed by atoms with van der Waals surface area (Å²) in [5.41, 5.74) is 4.15. The molecule has 1 aromatic carbocycles. The highest BCUT2D eigenvalue weighted by atomic mass is 16.3. The number of aromatic nitrogens is 2. The van der Waals surface area contributed by atoms with E-state index in [1.807, 2.05) is 13.1 Å². The molecule has 2 heterocycles. The number of aryl methyl sites for hydroxylation is 1. The summed E-state index contributed by atoms with van der Waals surface area (Å²) in [6.45, 7) is 1.95. The van der Waals surface area contributed by atoms with E-state index in [0.717, 1.165) is 22.2 Å². The third-order valence-electron chi connectivity index (χ3n) is 4.12. The summed E-state index contributed by atoms with van der Waals surface area (Å²) >= 11 is 0. The first-order chi connectivity index (χ1) is 10.2. The van der Waals surface area contributed by atoms with Crippen molar-refractivity contribution in [2.45, 2.75) is 25.7 Å². The summed E-state index contributed by atoms with van der Waals surface area (Å²) in [4.78, 5) is 8.79. The molecule has 0 amide bonds. The maximum absolute atomic E-state index is 9.64. The molecule has 4 rings (SSSR count). The highest BCUT2D eigenvalue weighted by molar-refractivity contribution is 5.87. The molecule has 0 unspecified atom stereocenters. The minimum atomic E-state index is 0.193. The lowest BCUT2D eigenvalue weighted by Gasteiger charge is -2.08. The number of hydrogen-bond donors (Lipinski definition) is 1. The zero-order valence-electron chi connectivity index (χ0n) is 11.9. The molecule has 1 aliphatic carbocycles. The Morgan fingerprint density at radius 2 is 1.86 bits per heavy atom. The van der Waals surface area contributed by atoms with E-state index in [-0.39, 0.29) is 5.75 Å². The fourth-order valence-corrected chi connectivity index (χ4v) is 2.74. The molecule has 0 saturated heterocycles.